The van der Waals surface area contributed by atoms with Crippen molar-refractivity contribution in [3.63, 3.8) is 0 Å². The molecule has 1 heterocycles. The lowest BCUT2D eigenvalue weighted by Gasteiger charge is -2.32. The highest BCUT2D eigenvalue weighted by Gasteiger charge is 2.24. The standard InChI is InChI=1S/C18H21NS.2C6H10.3C2H6/c1-10-7-15-17(9-11(10)2)20-18-14(5)13(4)12(3)8-16(18)19(15)6;2*1-2-4-6-5-3-1;3*1-2/h7-9H,1-6H3;2*1-2H,3-6H2;3*1-2H3. The lowest BCUT2D eigenvalue weighted by Crippen LogP contribution is -2.16. The number of hydrogen-bond acceptors (Lipinski definition) is 2. The van der Waals surface area contributed by atoms with E-state index in [1.165, 1.54) is 100 Å². The average Bonchev–Trinajstić information content (AvgIpc) is 2.99. The molecule has 0 fully saturated rings. The molecular weight excluding hydrogens is 478 g/mol. The van der Waals surface area contributed by atoms with Crippen molar-refractivity contribution in [1.82, 2.24) is 0 Å². The molecule has 0 unspecified atom stereocenters. The summed E-state index contributed by atoms with van der Waals surface area (Å²) in [5.41, 5.74) is 9.60. The first kappa shape index (κ1) is 36.1. The van der Waals surface area contributed by atoms with E-state index < -0.39 is 0 Å². The van der Waals surface area contributed by atoms with Crippen LogP contribution in [0.5, 0.6) is 0 Å². The van der Waals surface area contributed by atoms with Crippen LogP contribution in [0.25, 0.3) is 0 Å². The fourth-order valence-electron chi connectivity index (χ4n) is 4.29. The molecule has 0 radical (unpaired) electrons. The van der Waals surface area contributed by atoms with E-state index in [4.69, 9.17) is 0 Å². The van der Waals surface area contributed by atoms with Crippen molar-refractivity contribution in [3.8, 4) is 0 Å². The Labute approximate surface area is 242 Å². The van der Waals surface area contributed by atoms with Gasteiger partial charge in [0, 0.05) is 16.8 Å². The normalized spacial score (nSPS) is 14.2. The fourth-order valence-corrected chi connectivity index (χ4v) is 5.66. The van der Waals surface area contributed by atoms with Gasteiger partial charge in [0.15, 0.2) is 0 Å². The third-order valence-electron chi connectivity index (χ3n) is 6.91. The molecule has 0 spiro atoms. The van der Waals surface area contributed by atoms with Crippen LogP contribution in [0, 0.1) is 34.6 Å². The van der Waals surface area contributed by atoms with Crippen LogP contribution in [0.4, 0.5) is 11.4 Å². The molecule has 0 N–H and O–H groups in total. The van der Waals surface area contributed by atoms with Crippen LogP contribution >= 0.6 is 11.8 Å². The molecule has 1 aliphatic heterocycles. The molecular formula is C36H59NS. The SMILES string of the molecule is C1=CCCCC1.C1=CCCCC1.CC.CC.CC.Cc1cc2c(cc1C)N(C)c1cc(C)c(C)c(C)c1S2. The second-order valence-electron chi connectivity index (χ2n) is 9.37. The van der Waals surface area contributed by atoms with Crippen LogP contribution in [-0.2, 0) is 0 Å². The Bertz CT molecular complexity index is 950. The van der Waals surface area contributed by atoms with E-state index in [0.717, 1.165) is 0 Å². The zero-order valence-corrected chi connectivity index (χ0v) is 27.9. The summed E-state index contributed by atoms with van der Waals surface area (Å²) >= 11 is 1.92. The molecule has 214 valence electrons. The Kier molecular flexibility index (Phi) is 19.9. The molecule has 1 nitrogen and oxygen atoms in total. The van der Waals surface area contributed by atoms with Crippen molar-refractivity contribution in [2.45, 2.75) is 137 Å². The van der Waals surface area contributed by atoms with Crippen molar-refractivity contribution >= 4 is 23.1 Å². The maximum atomic E-state index is 2.34. The van der Waals surface area contributed by atoms with Crippen molar-refractivity contribution < 1.29 is 0 Å². The van der Waals surface area contributed by atoms with Crippen molar-refractivity contribution in [2.75, 3.05) is 11.9 Å². The van der Waals surface area contributed by atoms with Crippen LogP contribution in [0.1, 0.15) is 121 Å². The number of aryl methyl sites for hydroxylation is 3. The Hall–Kier alpha value is -1.93. The van der Waals surface area contributed by atoms with Gasteiger partial charge in [-0.25, -0.2) is 0 Å². The smallest absolute Gasteiger partial charge is 0.0555 e. The minimum absolute atomic E-state index is 1.32. The van der Waals surface area contributed by atoms with Crippen molar-refractivity contribution in [1.29, 1.82) is 0 Å². The lowest BCUT2D eigenvalue weighted by molar-refractivity contribution is 0.730. The van der Waals surface area contributed by atoms with E-state index in [1.54, 1.807) is 0 Å². The van der Waals surface area contributed by atoms with Crippen LogP contribution in [0.15, 0.2) is 52.3 Å². The van der Waals surface area contributed by atoms with Gasteiger partial charge in [-0.3, -0.25) is 0 Å². The van der Waals surface area contributed by atoms with Crippen molar-refractivity contribution in [3.05, 3.63) is 70.3 Å². The first-order chi connectivity index (χ1) is 18.4. The van der Waals surface area contributed by atoms with Gasteiger partial charge in [0.05, 0.1) is 11.4 Å². The summed E-state index contributed by atoms with van der Waals surface area (Å²) in [4.78, 5) is 5.12. The monoisotopic (exact) mass is 537 g/mol. The molecule has 0 atom stereocenters. The summed E-state index contributed by atoms with van der Waals surface area (Å²) in [6.45, 7) is 23.1. The second-order valence-corrected chi connectivity index (χ2v) is 10.4. The second kappa shape index (κ2) is 21.0. The highest BCUT2D eigenvalue weighted by molar-refractivity contribution is 7.99. The summed E-state index contributed by atoms with van der Waals surface area (Å²) in [6.07, 6.45) is 20.0. The quantitative estimate of drug-likeness (QED) is 0.307. The molecule has 2 aromatic carbocycles. The Morgan fingerprint density at radius 2 is 0.921 bits per heavy atom. The molecule has 0 bridgehead atoms. The molecule has 2 heteroatoms. The van der Waals surface area contributed by atoms with Gasteiger partial charge in [-0.05, 0) is 132 Å². The highest BCUT2D eigenvalue weighted by Crippen LogP contribution is 2.50. The lowest BCUT2D eigenvalue weighted by atomic mass is 10.0. The third-order valence-corrected chi connectivity index (χ3v) is 8.17. The van der Waals surface area contributed by atoms with Gasteiger partial charge >= 0.3 is 0 Å². The molecule has 0 amide bonds. The molecule has 0 saturated heterocycles. The Morgan fingerprint density at radius 1 is 0.526 bits per heavy atom. The van der Waals surface area contributed by atoms with Crippen LogP contribution in [0.3, 0.4) is 0 Å². The van der Waals surface area contributed by atoms with Gasteiger partial charge in [-0.15, -0.1) is 0 Å². The maximum absolute atomic E-state index is 2.34. The molecule has 2 aromatic rings. The van der Waals surface area contributed by atoms with Gasteiger partial charge in [-0.1, -0.05) is 77.6 Å². The third kappa shape index (κ3) is 11.0. The number of hydrogen-bond donors (Lipinski definition) is 0. The minimum atomic E-state index is 1.32. The summed E-state index contributed by atoms with van der Waals surface area (Å²) in [5, 5.41) is 0. The van der Waals surface area contributed by atoms with E-state index >= 15 is 0 Å². The number of allylic oxidation sites excluding steroid dienone is 4. The first-order valence-electron chi connectivity index (χ1n) is 15.3. The molecule has 3 aliphatic rings. The predicted molar refractivity (Wildman–Crippen MR) is 178 cm³/mol. The van der Waals surface area contributed by atoms with Gasteiger partial charge in [0.25, 0.3) is 0 Å². The molecule has 5 rings (SSSR count). The van der Waals surface area contributed by atoms with Crippen molar-refractivity contribution in [2.24, 2.45) is 0 Å². The van der Waals surface area contributed by atoms with Gasteiger partial charge in [0.2, 0.25) is 0 Å². The average molecular weight is 538 g/mol. The fraction of sp³-hybridized carbons (Fsp3) is 0.556. The number of benzene rings is 2. The molecule has 38 heavy (non-hydrogen) atoms. The predicted octanol–water partition coefficient (Wildman–Crippen LogP) is 12.8. The van der Waals surface area contributed by atoms with E-state index in [0.29, 0.717) is 0 Å². The first-order valence-corrected chi connectivity index (χ1v) is 16.2. The number of rotatable bonds is 0. The minimum Gasteiger partial charge on any atom is -0.343 e. The number of anilines is 2. The Morgan fingerprint density at radius 3 is 1.32 bits per heavy atom. The summed E-state index contributed by atoms with van der Waals surface area (Å²) < 4.78 is 0. The van der Waals surface area contributed by atoms with E-state index in [1.807, 2.05) is 53.3 Å². The molecule has 0 aromatic heterocycles. The topological polar surface area (TPSA) is 3.24 Å². The van der Waals surface area contributed by atoms with Crippen LogP contribution < -0.4 is 4.90 Å². The van der Waals surface area contributed by atoms with E-state index in [-0.39, 0.29) is 0 Å². The molecule has 0 saturated carbocycles. The highest BCUT2D eigenvalue weighted by atomic mass is 32.2. The van der Waals surface area contributed by atoms with Gasteiger partial charge in [-0.2, -0.15) is 0 Å². The largest absolute Gasteiger partial charge is 0.343 e. The summed E-state index contributed by atoms with van der Waals surface area (Å²) in [7, 11) is 2.18. The summed E-state index contributed by atoms with van der Waals surface area (Å²) in [5.74, 6) is 0. The number of fused-ring (bicyclic) bond motifs is 2. The molecule has 2 aliphatic carbocycles. The zero-order valence-electron chi connectivity index (χ0n) is 27.1. The number of nitrogens with zero attached hydrogens (tertiary/aromatic N) is 1. The Balaban J connectivity index is 0.000000622. The van der Waals surface area contributed by atoms with E-state index in [2.05, 4.69) is 89.1 Å². The van der Waals surface area contributed by atoms with E-state index in [9.17, 15) is 0 Å². The van der Waals surface area contributed by atoms with Gasteiger partial charge in [0.1, 0.15) is 0 Å². The van der Waals surface area contributed by atoms with Gasteiger partial charge < -0.3 is 4.90 Å². The summed E-state index contributed by atoms with van der Waals surface area (Å²) in [6, 6.07) is 6.96. The van der Waals surface area contributed by atoms with Crippen LogP contribution in [-0.4, -0.2) is 7.05 Å². The maximum Gasteiger partial charge on any atom is 0.0555 e. The zero-order chi connectivity index (χ0) is 29.1. The van der Waals surface area contributed by atoms with Crippen LogP contribution in [0.2, 0.25) is 0 Å².